The molecule has 55 heavy (non-hydrogen) atoms. The second-order valence-electron chi connectivity index (χ2n) is 14.1. The summed E-state index contributed by atoms with van der Waals surface area (Å²) in [5.41, 5.74) is 16.3. The second-order valence-corrected chi connectivity index (χ2v) is 14.1. The molecule has 1 N–H and O–H groups in total. The van der Waals surface area contributed by atoms with Gasteiger partial charge in [-0.3, -0.25) is 4.99 Å². The first kappa shape index (κ1) is 31.2. The van der Waals surface area contributed by atoms with Crippen LogP contribution in [0.4, 0.5) is 0 Å². The maximum Gasteiger partial charge on any atom is 0.146 e. The Morgan fingerprint density at radius 3 is 2.24 bits per heavy atom. The van der Waals surface area contributed by atoms with Crippen molar-refractivity contribution >= 4 is 55.0 Å². The summed E-state index contributed by atoms with van der Waals surface area (Å²) in [6.45, 7) is 0. The number of fused-ring (bicyclic) bond motifs is 7. The fourth-order valence-electron chi connectivity index (χ4n) is 8.30. The largest absolute Gasteiger partial charge is 0.456 e. The van der Waals surface area contributed by atoms with E-state index >= 15 is 0 Å². The average molecular weight is 704 g/mol. The van der Waals surface area contributed by atoms with Gasteiger partial charge >= 0.3 is 0 Å². The van der Waals surface area contributed by atoms with E-state index in [1.54, 1.807) is 0 Å². The molecule has 1 aliphatic heterocycles. The van der Waals surface area contributed by atoms with Crippen molar-refractivity contribution in [1.82, 2.24) is 9.88 Å². The van der Waals surface area contributed by atoms with Gasteiger partial charge in [-0.25, -0.2) is 0 Å². The standard InChI is InChI=1S/C51H33N3O/c1-3-13-33(14-4-1)35-17-11-18-36(26-25-35)50-41-20-7-9-22-44(41)52-51(53-50)43-21-12-24-47-49(43)42-30-28-38(32-48(42)55-47)54-45-23-10-8-19-39(45)40-29-27-37(31-46(40)54)34-15-5-2-6-16-34/h1-17,19-32,51,53H. The minimum atomic E-state index is -0.338. The van der Waals surface area contributed by atoms with Crippen LogP contribution in [0.1, 0.15) is 17.3 Å². The van der Waals surface area contributed by atoms with E-state index in [-0.39, 0.29) is 6.17 Å². The minimum absolute atomic E-state index is 0.338. The summed E-state index contributed by atoms with van der Waals surface area (Å²) in [7, 11) is 0. The molecular formula is C51H33N3O. The molecule has 258 valence electrons. The lowest BCUT2D eigenvalue weighted by Gasteiger charge is -2.23. The molecule has 0 saturated heterocycles. The number of furan rings is 1. The predicted molar refractivity (Wildman–Crippen MR) is 225 cm³/mol. The van der Waals surface area contributed by atoms with Gasteiger partial charge in [-0.2, -0.15) is 0 Å². The van der Waals surface area contributed by atoms with Crippen LogP contribution in [0.5, 0.6) is 0 Å². The van der Waals surface area contributed by atoms with E-state index in [9.17, 15) is 0 Å². The Hall–Kier alpha value is -7.39. The summed E-state index contributed by atoms with van der Waals surface area (Å²) >= 11 is 0. The van der Waals surface area contributed by atoms with E-state index in [0.717, 1.165) is 71.6 Å². The highest BCUT2D eigenvalue weighted by molar-refractivity contribution is 6.11. The quantitative estimate of drug-likeness (QED) is 0.181. The number of allylic oxidation sites excluding steroid dienone is 3. The van der Waals surface area contributed by atoms with Gasteiger partial charge < -0.3 is 14.3 Å². The fourth-order valence-corrected chi connectivity index (χ4v) is 8.30. The third-order valence-electron chi connectivity index (χ3n) is 10.9. The van der Waals surface area contributed by atoms with Gasteiger partial charge in [-0.15, -0.1) is 5.73 Å². The van der Waals surface area contributed by atoms with Gasteiger partial charge in [0.2, 0.25) is 0 Å². The van der Waals surface area contributed by atoms with Crippen LogP contribution >= 0.6 is 0 Å². The highest BCUT2D eigenvalue weighted by Crippen LogP contribution is 2.39. The molecule has 0 amide bonds. The minimum Gasteiger partial charge on any atom is -0.456 e. The van der Waals surface area contributed by atoms with Crippen LogP contribution in [0.3, 0.4) is 0 Å². The zero-order chi connectivity index (χ0) is 36.3. The Balaban J connectivity index is 1.02. The van der Waals surface area contributed by atoms with Gasteiger partial charge in [0.1, 0.15) is 17.3 Å². The zero-order valence-corrected chi connectivity index (χ0v) is 29.8. The highest BCUT2D eigenvalue weighted by Gasteiger charge is 2.23. The lowest BCUT2D eigenvalue weighted by molar-refractivity contribution is 0.636. The molecule has 1 atom stereocenters. The predicted octanol–water partition coefficient (Wildman–Crippen LogP) is 11.1. The Morgan fingerprint density at radius 2 is 1.35 bits per heavy atom. The molecule has 0 fully saturated rings. The van der Waals surface area contributed by atoms with Crippen molar-refractivity contribution in [3.05, 3.63) is 221 Å². The number of aromatic nitrogens is 1. The molecule has 0 saturated carbocycles. The average Bonchev–Trinajstić information content (AvgIpc) is 3.67. The molecule has 0 radical (unpaired) electrons. The molecule has 3 heterocycles. The van der Waals surface area contributed by atoms with E-state index in [2.05, 4.69) is 192 Å². The maximum absolute atomic E-state index is 6.69. The van der Waals surface area contributed by atoms with Crippen LogP contribution in [0.25, 0.3) is 71.8 Å². The van der Waals surface area contributed by atoms with Crippen molar-refractivity contribution in [2.24, 2.45) is 4.99 Å². The lowest BCUT2D eigenvalue weighted by atomic mass is 10.0. The molecule has 11 rings (SSSR count). The maximum atomic E-state index is 6.69. The van der Waals surface area contributed by atoms with Gasteiger partial charge in [0, 0.05) is 49.7 Å². The van der Waals surface area contributed by atoms with Gasteiger partial charge in [-0.05, 0) is 76.9 Å². The lowest BCUT2D eigenvalue weighted by Crippen LogP contribution is -2.39. The van der Waals surface area contributed by atoms with Crippen molar-refractivity contribution in [2.45, 2.75) is 6.17 Å². The van der Waals surface area contributed by atoms with Gasteiger partial charge in [-0.1, -0.05) is 127 Å². The number of nitrogens with one attached hydrogen (secondary N) is 1. The number of hydrogen-bond donors (Lipinski definition) is 1. The molecule has 1 unspecified atom stereocenters. The van der Waals surface area contributed by atoms with Crippen LogP contribution in [0.2, 0.25) is 0 Å². The van der Waals surface area contributed by atoms with Crippen LogP contribution in [-0.4, -0.2) is 4.57 Å². The second kappa shape index (κ2) is 12.6. The molecule has 0 bridgehead atoms. The number of para-hydroxylation sites is 2. The summed E-state index contributed by atoms with van der Waals surface area (Å²) in [6, 6.07) is 57.7. The first-order chi connectivity index (χ1) is 27.3. The zero-order valence-electron chi connectivity index (χ0n) is 29.8. The number of hydrogen-bond acceptors (Lipinski definition) is 3. The topological polar surface area (TPSA) is 42.5 Å². The first-order valence-electron chi connectivity index (χ1n) is 18.7. The fraction of sp³-hybridized carbons (Fsp3) is 0.0196. The summed E-state index contributed by atoms with van der Waals surface area (Å²) in [5, 5.41) is 10.4. The van der Waals surface area contributed by atoms with E-state index in [1.807, 2.05) is 12.1 Å². The number of nitrogens with zero attached hydrogens (tertiary/aromatic N) is 2. The summed E-state index contributed by atoms with van der Waals surface area (Å²) in [5.74, 6) is 0. The number of rotatable bonds is 5. The van der Waals surface area contributed by atoms with E-state index in [0.29, 0.717) is 0 Å². The van der Waals surface area contributed by atoms with Crippen molar-refractivity contribution in [2.75, 3.05) is 0 Å². The Labute approximate surface area is 317 Å². The molecule has 9 aromatic rings. The molecule has 2 aromatic heterocycles. The molecular weight excluding hydrogens is 671 g/mol. The van der Waals surface area contributed by atoms with Crippen molar-refractivity contribution in [3.8, 4) is 16.8 Å². The molecule has 1 aliphatic carbocycles. The summed E-state index contributed by atoms with van der Waals surface area (Å²) < 4.78 is 9.05. The Kier molecular flexibility index (Phi) is 7.16. The normalized spacial score (nSPS) is 15.1. The molecule has 2 aliphatic rings. The third kappa shape index (κ3) is 5.20. The first-order valence-corrected chi connectivity index (χ1v) is 18.7. The van der Waals surface area contributed by atoms with Crippen molar-refractivity contribution in [1.29, 1.82) is 0 Å². The molecule has 4 heteroatoms. The highest BCUT2D eigenvalue weighted by atomic mass is 16.3. The summed E-state index contributed by atoms with van der Waals surface area (Å²) in [6.07, 6.45) is 8.11. The van der Waals surface area contributed by atoms with Crippen LogP contribution in [0, 0.1) is 0 Å². The van der Waals surface area contributed by atoms with Gasteiger partial charge in [0.15, 0.2) is 0 Å². The van der Waals surface area contributed by atoms with Crippen LogP contribution in [0.15, 0.2) is 209 Å². The molecule has 7 aromatic carbocycles. The van der Waals surface area contributed by atoms with Crippen molar-refractivity contribution < 1.29 is 4.42 Å². The smallest absolute Gasteiger partial charge is 0.146 e. The Bertz CT molecular complexity index is 3260. The van der Waals surface area contributed by atoms with Gasteiger partial charge in [0.25, 0.3) is 0 Å². The third-order valence-corrected chi connectivity index (χ3v) is 10.9. The number of benzene rings is 7. The Morgan fingerprint density at radius 1 is 0.582 bits per heavy atom. The van der Waals surface area contributed by atoms with Gasteiger partial charge in [0.05, 0.1) is 22.1 Å². The van der Waals surface area contributed by atoms with Crippen LogP contribution in [-0.2, 0) is 0 Å². The summed E-state index contributed by atoms with van der Waals surface area (Å²) in [4.78, 5) is 5.28. The monoisotopic (exact) mass is 703 g/mol. The molecule has 0 spiro atoms. The molecule has 4 nitrogen and oxygen atoms in total. The SMILES string of the molecule is C1=CC=C(c2ccccc2)C=CC=1C1=c2ccccc2=NC(c2cccc3oc4cc(-n5c6ccccc6c6ccc(-c7ccccc7)cc65)ccc4c23)N1. The van der Waals surface area contributed by atoms with E-state index in [4.69, 9.17) is 9.41 Å². The van der Waals surface area contributed by atoms with Crippen molar-refractivity contribution in [3.63, 3.8) is 0 Å². The van der Waals surface area contributed by atoms with Crippen LogP contribution < -0.4 is 15.9 Å². The van der Waals surface area contributed by atoms with E-state index in [1.165, 1.54) is 27.5 Å². The van der Waals surface area contributed by atoms with E-state index < -0.39 is 0 Å².